The molecule has 5 aliphatic heterocycles. The van der Waals surface area contributed by atoms with Crippen LogP contribution >= 0.6 is 0 Å². The van der Waals surface area contributed by atoms with Crippen molar-refractivity contribution in [3.63, 3.8) is 0 Å². The summed E-state index contributed by atoms with van der Waals surface area (Å²) in [5, 5.41) is 0. The van der Waals surface area contributed by atoms with Gasteiger partial charge in [0, 0.05) is 24.8 Å². The van der Waals surface area contributed by atoms with E-state index in [1.54, 1.807) is 14.2 Å². The molecule has 0 aromatic heterocycles. The Morgan fingerprint density at radius 3 is 2.78 bits per heavy atom. The molecule has 1 aromatic rings. The Kier molecular flexibility index (Phi) is 5.42. The lowest BCUT2D eigenvalue weighted by molar-refractivity contribution is -0.936. The van der Waals surface area contributed by atoms with Gasteiger partial charge in [-0.05, 0) is 30.0 Å². The molecule has 4 fully saturated rings. The summed E-state index contributed by atoms with van der Waals surface area (Å²) in [6, 6.07) is 4.37. The van der Waals surface area contributed by atoms with Gasteiger partial charge in [-0.2, -0.15) is 0 Å². The summed E-state index contributed by atoms with van der Waals surface area (Å²) < 4.78 is 23.9. The zero-order chi connectivity index (χ0) is 24.1. The van der Waals surface area contributed by atoms with Crippen molar-refractivity contribution in [1.82, 2.24) is 0 Å². The number of anilines is 1. The van der Waals surface area contributed by atoms with Crippen LogP contribution in [0.5, 0.6) is 11.5 Å². The van der Waals surface area contributed by atoms with E-state index in [4.69, 9.17) is 18.9 Å². The van der Waals surface area contributed by atoms with Gasteiger partial charge in [0.15, 0.2) is 18.0 Å². The lowest BCUT2D eigenvalue weighted by Gasteiger charge is -2.60. The van der Waals surface area contributed by atoms with Gasteiger partial charge >= 0.3 is 5.97 Å². The SMILES string of the molecule is CCOC(=O)C[N+]12CCC34c5cc(OC)c(OC)cc5N5C(=O)CC6OCC=C(C1)C(CC32)C6C54.[Cl-]. The molecule has 9 heteroatoms. The maximum Gasteiger partial charge on any atom is 0.361 e. The number of hydrogen-bond donors (Lipinski definition) is 0. The molecule has 1 amide bonds. The van der Waals surface area contributed by atoms with E-state index in [-0.39, 0.29) is 53.8 Å². The van der Waals surface area contributed by atoms with Crippen LogP contribution in [0.2, 0.25) is 0 Å². The lowest BCUT2D eigenvalue weighted by atomic mass is 9.53. The molecule has 0 radical (unpaired) electrons. The second kappa shape index (κ2) is 8.10. The maximum absolute atomic E-state index is 13.7. The number of nitrogens with zero attached hydrogens (tertiary/aromatic N) is 2. The zero-order valence-corrected chi connectivity index (χ0v) is 21.8. The quantitative estimate of drug-likeness (QED) is 0.290. The minimum absolute atomic E-state index is 0. The van der Waals surface area contributed by atoms with Crippen LogP contribution in [-0.4, -0.2) is 81.6 Å². The molecular formula is C27H33ClN2O6. The summed E-state index contributed by atoms with van der Waals surface area (Å²) in [5.74, 6) is 1.96. The van der Waals surface area contributed by atoms with Gasteiger partial charge in [-0.1, -0.05) is 6.08 Å². The van der Waals surface area contributed by atoms with Crippen molar-refractivity contribution < 1.29 is 45.4 Å². The Hall–Kier alpha value is -2.29. The predicted molar refractivity (Wildman–Crippen MR) is 126 cm³/mol. The minimum atomic E-state index is -0.240. The highest BCUT2D eigenvalue weighted by molar-refractivity contribution is 5.99. The summed E-state index contributed by atoms with van der Waals surface area (Å²) in [4.78, 5) is 28.7. The first kappa shape index (κ1) is 24.1. The van der Waals surface area contributed by atoms with Crippen LogP contribution in [0, 0.1) is 11.8 Å². The Morgan fingerprint density at radius 1 is 1.25 bits per heavy atom. The highest BCUT2D eigenvalue weighted by atomic mass is 35.5. The number of rotatable bonds is 5. The molecule has 0 N–H and O–H groups in total. The normalized spacial score (nSPS) is 38.4. The average Bonchev–Trinajstić information content (AvgIpc) is 3.27. The van der Waals surface area contributed by atoms with Crippen LogP contribution < -0.4 is 26.8 Å². The van der Waals surface area contributed by atoms with Gasteiger partial charge < -0.3 is 40.7 Å². The zero-order valence-electron chi connectivity index (χ0n) is 21.0. The Morgan fingerprint density at radius 2 is 2.03 bits per heavy atom. The molecule has 7 atom stereocenters. The third-order valence-corrected chi connectivity index (χ3v) is 10.1. The molecule has 194 valence electrons. The van der Waals surface area contributed by atoms with E-state index in [0.717, 1.165) is 31.6 Å². The van der Waals surface area contributed by atoms with E-state index in [1.165, 1.54) is 11.1 Å². The standard InChI is InChI=1S/C27H33N2O6.ClH/c1-4-34-24(31)14-29-7-6-27-17-10-19(32-2)20(33-3)11-18(17)28-23(30)12-21-25(26(27)28)16(9-22(27)29)15(13-29)5-8-35-21;/h5,10-11,16,21-22,25-26H,4,6-9,12-14H2,1-3H3;1H/q+1;/p-1. The smallest absolute Gasteiger partial charge is 0.361 e. The molecule has 1 saturated carbocycles. The fraction of sp³-hybridized carbons (Fsp3) is 0.630. The second-order valence-corrected chi connectivity index (χ2v) is 11.1. The largest absolute Gasteiger partial charge is 1.00 e. The minimum Gasteiger partial charge on any atom is -1.00 e. The van der Waals surface area contributed by atoms with Gasteiger partial charge in [0.25, 0.3) is 0 Å². The highest BCUT2D eigenvalue weighted by Crippen LogP contribution is 2.68. The summed E-state index contributed by atoms with van der Waals surface area (Å²) in [6.45, 7) is 4.94. The average molecular weight is 517 g/mol. The first-order valence-electron chi connectivity index (χ1n) is 12.9. The number of methoxy groups -OCH3 is 2. The number of piperidine rings is 2. The van der Waals surface area contributed by atoms with Gasteiger partial charge in [0.2, 0.25) is 5.91 Å². The van der Waals surface area contributed by atoms with Crippen molar-refractivity contribution in [2.75, 3.05) is 52.0 Å². The number of carbonyl (C=O) groups is 2. The molecule has 7 unspecified atom stereocenters. The summed E-state index contributed by atoms with van der Waals surface area (Å²) >= 11 is 0. The lowest BCUT2D eigenvalue weighted by Crippen LogP contribution is -3.00. The number of halogens is 1. The number of benzene rings is 1. The van der Waals surface area contributed by atoms with Crippen molar-refractivity contribution in [1.29, 1.82) is 0 Å². The van der Waals surface area contributed by atoms with Gasteiger partial charge in [0.1, 0.15) is 12.6 Å². The second-order valence-electron chi connectivity index (χ2n) is 11.1. The van der Waals surface area contributed by atoms with Crippen molar-refractivity contribution in [2.45, 2.75) is 49.8 Å². The number of carbonyl (C=O) groups excluding carboxylic acids is 2. The van der Waals surface area contributed by atoms with Crippen LogP contribution in [-0.2, 0) is 24.5 Å². The molecule has 3 saturated heterocycles. The molecular weight excluding hydrogens is 484 g/mol. The molecule has 5 heterocycles. The fourth-order valence-corrected chi connectivity index (χ4v) is 9.03. The van der Waals surface area contributed by atoms with Gasteiger partial charge in [-0.15, -0.1) is 0 Å². The number of amides is 1. The van der Waals surface area contributed by atoms with E-state index in [9.17, 15) is 9.59 Å². The van der Waals surface area contributed by atoms with Gasteiger partial charge in [0.05, 0.1) is 63.6 Å². The molecule has 8 nitrogen and oxygen atoms in total. The number of ether oxygens (including phenoxy) is 4. The number of esters is 1. The third kappa shape index (κ3) is 2.78. The Bertz CT molecular complexity index is 1170. The molecule has 6 aliphatic rings. The maximum atomic E-state index is 13.7. The molecule has 1 spiro atoms. The van der Waals surface area contributed by atoms with Crippen LogP contribution in [0.3, 0.4) is 0 Å². The van der Waals surface area contributed by atoms with Crippen molar-refractivity contribution in [2.24, 2.45) is 11.8 Å². The van der Waals surface area contributed by atoms with E-state index in [1.807, 2.05) is 13.0 Å². The number of hydrogen-bond acceptors (Lipinski definition) is 6. The fourth-order valence-electron chi connectivity index (χ4n) is 9.03. The summed E-state index contributed by atoms with van der Waals surface area (Å²) in [7, 11) is 3.30. The van der Waals surface area contributed by atoms with Crippen LogP contribution in [0.1, 0.15) is 31.7 Å². The molecule has 1 aromatic carbocycles. The highest BCUT2D eigenvalue weighted by Gasteiger charge is 2.76. The number of fused-ring (bicyclic) bond motifs is 2. The Labute approximate surface area is 217 Å². The van der Waals surface area contributed by atoms with E-state index in [0.29, 0.717) is 48.1 Å². The van der Waals surface area contributed by atoms with Crippen molar-refractivity contribution >= 4 is 17.6 Å². The summed E-state index contributed by atoms with van der Waals surface area (Å²) in [5.41, 5.74) is 3.30. The topological polar surface area (TPSA) is 74.3 Å². The first-order chi connectivity index (χ1) is 17.0. The molecule has 36 heavy (non-hydrogen) atoms. The predicted octanol–water partition coefficient (Wildman–Crippen LogP) is -0.808. The molecule has 2 bridgehead atoms. The van der Waals surface area contributed by atoms with Gasteiger partial charge in [-0.25, -0.2) is 4.79 Å². The van der Waals surface area contributed by atoms with Crippen LogP contribution in [0.25, 0.3) is 0 Å². The third-order valence-electron chi connectivity index (χ3n) is 10.1. The van der Waals surface area contributed by atoms with Gasteiger partial charge in [-0.3, -0.25) is 4.79 Å². The number of quaternary nitrogens is 1. The molecule has 7 rings (SSSR count). The first-order valence-corrected chi connectivity index (χ1v) is 12.9. The van der Waals surface area contributed by atoms with Crippen molar-refractivity contribution in [3.05, 3.63) is 29.3 Å². The van der Waals surface area contributed by atoms with E-state index < -0.39 is 0 Å². The van der Waals surface area contributed by atoms with Crippen LogP contribution in [0.15, 0.2) is 23.8 Å². The van der Waals surface area contributed by atoms with E-state index in [2.05, 4.69) is 17.0 Å². The van der Waals surface area contributed by atoms with Crippen LogP contribution in [0.4, 0.5) is 5.69 Å². The summed E-state index contributed by atoms with van der Waals surface area (Å²) in [6.07, 6.45) is 4.54. The Balaban J connectivity index is 0.00000240. The monoisotopic (exact) mass is 516 g/mol. The molecule has 1 aliphatic carbocycles. The van der Waals surface area contributed by atoms with Crippen molar-refractivity contribution in [3.8, 4) is 11.5 Å². The van der Waals surface area contributed by atoms with E-state index >= 15 is 0 Å².